The van der Waals surface area contributed by atoms with Crippen LogP contribution in [0.25, 0.3) is 22.4 Å². The predicted octanol–water partition coefficient (Wildman–Crippen LogP) is 2.00. The van der Waals surface area contributed by atoms with Crippen molar-refractivity contribution in [2.24, 2.45) is 0 Å². The van der Waals surface area contributed by atoms with Crippen LogP contribution in [0, 0.1) is 0 Å². The molecule has 0 unspecified atom stereocenters. The monoisotopic (exact) mass is 264 g/mol. The molecule has 0 spiro atoms. The highest BCUT2D eigenvalue weighted by molar-refractivity contribution is 5.76. The molecule has 0 saturated heterocycles. The van der Waals surface area contributed by atoms with Crippen LogP contribution < -0.4 is 0 Å². The Hall–Kier alpha value is -2.76. The zero-order valence-corrected chi connectivity index (χ0v) is 10.9. The largest absolute Gasteiger partial charge is 0.233 e. The molecular weight excluding hydrogens is 252 g/mol. The van der Waals surface area contributed by atoms with E-state index in [0.717, 1.165) is 34.5 Å². The van der Waals surface area contributed by atoms with E-state index in [1.54, 1.807) is 17.0 Å². The summed E-state index contributed by atoms with van der Waals surface area (Å²) >= 11 is 0. The topological polar surface area (TPSA) is 60.4 Å². The molecule has 0 N–H and O–H groups in total. The van der Waals surface area contributed by atoms with E-state index >= 15 is 0 Å². The first-order valence-corrected chi connectivity index (χ1v) is 6.50. The van der Waals surface area contributed by atoms with Crippen LogP contribution in [0.3, 0.4) is 0 Å². The number of fused-ring (bicyclic) bond motifs is 2. The lowest BCUT2D eigenvalue weighted by atomic mass is 10.1. The second-order valence-electron chi connectivity index (χ2n) is 4.58. The molecule has 0 bridgehead atoms. The minimum Gasteiger partial charge on any atom is -0.233 e. The number of hydrogen-bond acceptors (Lipinski definition) is 4. The molecule has 98 valence electrons. The van der Waals surface area contributed by atoms with Crippen molar-refractivity contribution < 1.29 is 0 Å². The highest BCUT2D eigenvalue weighted by atomic mass is 15.3. The van der Waals surface area contributed by atoms with Crippen molar-refractivity contribution in [1.29, 1.82) is 0 Å². The van der Waals surface area contributed by atoms with Crippen LogP contribution in [0.2, 0.25) is 0 Å². The first kappa shape index (κ1) is 11.1. The van der Waals surface area contributed by atoms with E-state index < -0.39 is 0 Å². The minimum absolute atomic E-state index is 0.741. The smallest absolute Gasteiger partial charge is 0.186 e. The fraction of sp³-hybridized carbons (Fsp3) is 0.143. The Morgan fingerprint density at radius 2 is 2.15 bits per heavy atom. The molecule has 0 atom stereocenters. The molecular formula is C14H12N6. The van der Waals surface area contributed by atoms with Crippen molar-refractivity contribution in [1.82, 2.24) is 29.4 Å². The first-order chi connectivity index (χ1) is 9.86. The maximum Gasteiger partial charge on any atom is 0.186 e. The summed E-state index contributed by atoms with van der Waals surface area (Å²) in [6, 6.07) is 10.1. The van der Waals surface area contributed by atoms with Crippen molar-refractivity contribution in [2.45, 2.75) is 13.3 Å². The molecule has 0 aromatic carbocycles. The molecule has 0 radical (unpaired) electrons. The molecule has 4 rings (SSSR count). The van der Waals surface area contributed by atoms with E-state index in [2.05, 4.69) is 33.4 Å². The third kappa shape index (κ3) is 1.51. The number of aryl methyl sites for hydroxylation is 1. The summed E-state index contributed by atoms with van der Waals surface area (Å²) in [4.78, 5) is 0. The maximum absolute atomic E-state index is 4.47. The van der Waals surface area contributed by atoms with Gasteiger partial charge in [-0.15, -0.1) is 10.2 Å². The minimum atomic E-state index is 0.741. The SMILES string of the molecule is CCc1cc(-c2cccc3ccnn23)c2nncn2n1. The molecule has 4 aromatic rings. The highest BCUT2D eigenvalue weighted by Gasteiger charge is 2.12. The van der Waals surface area contributed by atoms with Gasteiger partial charge in [-0.25, -0.2) is 4.52 Å². The summed E-state index contributed by atoms with van der Waals surface area (Å²) in [5.41, 5.74) is 4.77. The van der Waals surface area contributed by atoms with Crippen LogP contribution in [0.5, 0.6) is 0 Å². The zero-order valence-electron chi connectivity index (χ0n) is 10.9. The number of pyridine rings is 1. The molecule has 0 saturated carbocycles. The van der Waals surface area contributed by atoms with Gasteiger partial charge >= 0.3 is 0 Å². The number of rotatable bonds is 2. The molecule has 4 heterocycles. The van der Waals surface area contributed by atoms with Gasteiger partial charge < -0.3 is 0 Å². The van der Waals surface area contributed by atoms with Crippen molar-refractivity contribution >= 4 is 11.2 Å². The lowest BCUT2D eigenvalue weighted by Crippen LogP contribution is -2.01. The van der Waals surface area contributed by atoms with E-state index in [-0.39, 0.29) is 0 Å². The van der Waals surface area contributed by atoms with Gasteiger partial charge in [0.15, 0.2) is 5.65 Å². The second-order valence-corrected chi connectivity index (χ2v) is 4.58. The summed E-state index contributed by atoms with van der Waals surface area (Å²) in [6.07, 6.45) is 4.28. The number of hydrogen-bond donors (Lipinski definition) is 0. The Bertz CT molecular complexity index is 904. The lowest BCUT2D eigenvalue weighted by molar-refractivity contribution is 0.855. The summed E-state index contributed by atoms with van der Waals surface area (Å²) in [7, 11) is 0. The Morgan fingerprint density at radius 1 is 1.20 bits per heavy atom. The van der Waals surface area contributed by atoms with Crippen LogP contribution in [0.1, 0.15) is 12.6 Å². The van der Waals surface area contributed by atoms with E-state index in [1.807, 2.05) is 28.8 Å². The van der Waals surface area contributed by atoms with Gasteiger partial charge in [0.25, 0.3) is 0 Å². The number of nitrogens with zero attached hydrogens (tertiary/aromatic N) is 6. The molecule has 6 nitrogen and oxygen atoms in total. The van der Waals surface area contributed by atoms with Gasteiger partial charge in [-0.1, -0.05) is 13.0 Å². The van der Waals surface area contributed by atoms with Crippen LogP contribution in [-0.4, -0.2) is 29.4 Å². The van der Waals surface area contributed by atoms with Gasteiger partial charge in [0, 0.05) is 5.56 Å². The van der Waals surface area contributed by atoms with E-state index in [9.17, 15) is 0 Å². The fourth-order valence-electron chi connectivity index (χ4n) is 2.39. The van der Waals surface area contributed by atoms with E-state index in [1.165, 1.54) is 0 Å². The third-order valence-corrected chi connectivity index (χ3v) is 3.38. The molecule has 6 heteroatoms. The Balaban J connectivity index is 2.11. The molecule has 0 fully saturated rings. The second kappa shape index (κ2) is 4.12. The molecule has 0 aliphatic carbocycles. The third-order valence-electron chi connectivity index (χ3n) is 3.38. The Kier molecular flexibility index (Phi) is 2.29. The fourth-order valence-corrected chi connectivity index (χ4v) is 2.39. The molecule has 0 aliphatic heterocycles. The summed E-state index contributed by atoms with van der Waals surface area (Å²) in [6.45, 7) is 2.08. The summed E-state index contributed by atoms with van der Waals surface area (Å²) in [5, 5.41) is 17.0. The predicted molar refractivity (Wildman–Crippen MR) is 74.3 cm³/mol. The average molecular weight is 264 g/mol. The normalized spacial score (nSPS) is 11.4. The van der Waals surface area contributed by atoms with Gasteiger partial charge in [0.05, 0.1) is 23.1 Å². The van der Waals surface area contributed by atoms with Crippen LogP contribution in [0.4, 0.5) is 0 Å². The highest BCUT2D eigenvalue weighted by Crippen LogP contribution is 2.24. The van der Waals surface area contributed by atoms with Crippen molar-refractivity contribution in [3.05, 3.63) is 48.5 Å². The Morgan fingerprint density at radius 3 is 3.05 bits per heavy atom. The Labute approximate surface area is 114 Å². The molecule has 0 aliphatic rings. The van der Waals surface area contributed by atoms with E-state index in [0.29, 0.717) is 0 Å². The van der Waals surface area contributed by atoms with Crippen molar-refractivity contribution in [2.75, 3.05) is 0 Å². The summed E-state index contributed by atoms with van der Waals surface area (Å²) < 4.78 is 3.62. The van der Waals surface area contributed by atoms with Gasteiger partial charge in [-0.2, -0.15) is 14.7 Å². The van der Waals surface area contributed by atoms with Gasteiger partial charge in [-0.3, -0.25) is 0 Å². The zero-order chi connectivity index (χ0) is 13.5. The van der Waals surface area contributed by atoms with Crippen molar-refractivity contribution in [3.8, 4) is 11.3 Å². The number of aromatic nitrogens is 6. The van der Waals surface area contributed by atoms with Crippen LogP contribution >= 0.6 is 0 Å². The maximum atomic E-state index is 4.47. The van der Waals surface area contributed by atoms with Crippen LogP contribution in [0.15, 0.2) is 42.9 Å². The van der Waals surface area contributed by atoms with Crippen molar-refractivity contribution in [3.63, 3.8) is 0 Å². The standard InChI is InChI=1S/C14H12N6/c1-2-10-8-12(14-17-15-9-19(14)18-10)13-5-3-4-11-6-7-16-20(11)13/h3-9H,2H2,1H3. The van der Waals surface area contributed by atoms with Gasteiger partial charge in [0.2, 0.25) is 0 Å². The van der Waals surface area contributed by atoms with Crippen LogP contribution in [-0.2, 0) is 6.42 Å². The summed E-state index contributed by atoms with van der Waals surface area (Å²) in [5.74, 6) is 0. The molecule has 4 aromatic heterocycles. The van der Waals surface area contributed by atoms with Gasteiger partial charge in [-0.05, 0) is 30.7 Å². The molecule has 0 amide bonds. The molecule has 20 heavy (non-hydrogen) atoms. The average Bonchev–Trinajstić information content (AvgIpc) is 3.14. The lowest BCUT2D eigenvalue weighted by Gasteiger charge is -2.07. The van der Waals surface area contributed by atoms with Gasteiger partial charge in [0.1, 0.15) is 6.33 Å². The van der Waals surface area contributed by atoms with E-state index in [4.69, 9.17) is 0 Å². The first-order valence-electron chi connectivity index (χ1n) is 6.50. The quantitative estimate of drug-likeness (QED) is 0.555.